The van der Waals surface area contributed by atoms with Gasteiger partial charge in [-0.1, -0.05) is 0 Å². The van der Waals surface area contributed by atoms with Crippen LogP contribution in [-0.2, 0) is 4.74 Å². The van der Waals surface area contributed by atoms with Crippen LogP contribution in [0.3, 0.4) is 0 Å². The SMILES string of the molecule is Cc1nc(N(C)CCCC2CCCO2)c2ccsc2n1. The highest BCUT2D eigenvalue weighted by Gasteiger charge is 2.16. The Bertz CT molecular complexity index is 578. The second-order valence-electron chi connectivity index (χ2n) is 5.43. The Morgan fingerprint density at radius 2 is 2.35 bits per heavy atom. The number of rotatable bonds is 5. The predicted octanol–water partition coefficient (Wildman–Crippen LogP) is 3.40. The van der Waals surface area contributed by atoms with Crippen molar-refractivity contribution in [1.29, 1.82) is 0 Å². The van der Waals surface area contributed by atoms with Crippen LogP contribution in [0.5, 0.6) is 0 Å². The predicted molar refractivity (Wildman–Crippen MR) is 83.6 cm³/mol. The monoisotopic (exact) mass is 291 g/mol. The van der Waals surface area contributed by atoms with Crippen LogP contribution >= 0.6 is 11.3 Å². The minimum atomic E-state index is 0.483. The molecule has 20 heavy (non-hydrogen) atoms. The van der Waals surface area contributed by atoms with Crippen molar-refractivity contribution in [3.63, 3.8) is 0 Å². The van der Waals surface area contributed by atoms with Gasteiger partial charge in [0.05, 0.1) is 11.5 Å². The minimum absolute atomic E-state index is 0.483. The molecule has 0 spiro atoms. The molecule has 0 radical (unpaired) electrons. The van der Waals surface area contributed by atoms with Crippen LogP contribution in [0.4, 0.5) is 5.82 Å². The highest BCUT2D eigenvalue weighted by molar-refractivity contribution is 7.16. The minimum Gasteiger partial charge on any atom is -0.378 e. The van der Waals surface area contributed by atoms with Gasteiger partial charge in [0.2, 0.25) is 0 Å². The molecule has 0 amide bonds. The number of hydrogen-bond donors (Lipinski definition) is 0. The zero-order valence-corrected chi connectivity index (χ0v) is 12.9. The smallest absolute Gasteiger partial charge is 0.140 e. The standard InChI is InChI=1S/C15H21N3OS/c1-11-16-14(13-7-10-20-15(13)17-11)18(2)8-3-5-12-6-4-9-19-12/h7,10,12H,3-6,8-9H2,1-2H3. The van der Waals surface area contributed by atoms with Gasteiger partial charge in [0.15, 0.2) is 0 Å². The van der Waals surface area contributed by atoms with E-state index in [4.69, 9.17) is 4.74 Å². The Balaban J connectivity index is 1.65. The van der Waals surface area contributed by atoms with Gasteiger partial charge in [0, 0.05) is 20.2 Å². The number of thiophene rings is 1. The van der Waals surface area contributed by atoms with Gasteiger partial charge in [-0.25, -0.2) is 9.97 Å². The van der Waals surface area contributed by atoms with Crippen molar-refractivity contribution in [3.8, 4) is 0 Å². The molecular weight excluding hydrogens is 270 g/mol. The van der Waals surface area contributed by atoms with E-state index in [0.717, 1.165) is 42.5 Å². The Kier molecular flexibility index (Phi) is 4.17. The second kappa shape index (κ2) is 6.06. The molecule has 0 aliphatic carbocycles. The zero-order chi connectivity index (χ0) is 13.9. The molecule has 2 aromatic heterocycles. The molecule has 1 unspecified atom stereocenters. The molecule has 4 nitrogen and oxygen atoms in total. The first-order valence-electron chi connectivity index (χ1n) is 7.28. The number of aromatic nitrogens is 2. The van der Waals surface area contributed by atoms with E-state index in [0.29, 0.717) is 6.10 Å². The maximum atomic E-state index is 5.67. The normalized spacial score (nSPS) is 18.8. The summed E-state index contributed by atoms with van der Waals surface area (Å²) in [6, 6.07) is 2.12. The molecular formula is C15H21N3OS. The van der Waals surface area contributed by atoms with Gasteiger partial charge >= 0.3 is 0 Å². The Hall–Kier alpha value is -1.20. The van der Waals surface area contributed by atoms with Crippen LogP contribution in [-0.4, -0.2) is 36.3 Å². The third kappa shape index (κ3) is 2.94. The van der Waals surface area contributed by atoms with E-state index in [-0.39, 0.29) is 0 Å². The number of anilines is 1. The molecule has 1 aliphatic rings. The molecule has 1 saturated heterocycles. The zero-order valence-electron chi connectivity index (χ0n) is 12.1. The summed E-state index contributed by atoms with van der Waals surface area (Å²) in [5.41, 5.74) is 0. The number of ether oxygens (including phenoxy) is 1. The maximum absolute atomic E-state index is 5.67. The first kappa shape index (κ1) is 13.8. The Morgan fingerprint density at radius 3 is 3.15 bits per heavy atom. The van der Waals surface area contributed by atoms with Gasteiger partial charge in [0.25, 0.3) is 0 Å². The van der Waals surface area contributed by atoms with Crippen LogP contribution in [0.1, 0.15) is 31.5 Å². The van der Waals surface area contributed by atoms with E-state index in [1.807, 2.05) is 6.92 Å². The lowest BCUT2D eigenvalue weighted by Crippen LogP contribution is -2.21. The lowest BCUT2D eigenvalue weighted by atomic mass is 10.1. The summed E-state index contributed by atoms with van der Waals surface area (Å²) in [5.74, 6) is 1.90. The van der Waals surface area contributed by atoms with Crippen molar-refractivity contribution in [2.24, 2.45) is 0 Å². The Labute approximate surface area is 123 Å². The lowest BCUT2D eigenvalue weighted by molar-refractivity contribution is 0.103. The van der Waals surface area contributed by atoms with Crippen molar-refractivity contribution in [2.45, 2.75) is 38.7 Å². The van der Waals surface area contributed by atoms with E-state index in [9.17, 15) is 0 Å². The van der Waals surface area contributed by atoms with Gasteiger partial charge in [-0.3, -0.25) is 0 Å². The first-order chi connectivity index (χ1) is 9.74. The van der Waals surface area contributed by atoms with Gasteiger partial charge in [-0.15, -0.1) is 11.3 Å². The van der Waals surface area contributed by atoms with Crippen LogP contribution in [0.15, 0.2) is 11.4 Å². The summed E-state index contributed by atoms with van der Waals surface area (Å²) >= 11 is 1.68. The number of nitrogens with zero attached hydrogens (tertiary/aromatic N) is 3. The fraction of sp³-hybridized carbons (Fsp3) is 0.600. The fourth-order valence-electron chi connectivity index (χ4n) is 2.77. The molecule has 1 aliphatic heterocycles. The van der Waals surface area contributed by atoms with Crippen molar-refractivity contribution in [2.75, 3.05) is 25.1 Å². The topological polar surface area (TPSA) is 38.2 Å². The molecule has 0 bridgehead atoms. The highest BCUT2D eigenvalue weighted by Crippen LogP contribution is 2.27. The van der Waals surface area contributed by atoms with Gasteiger partial charge in [-0.05, 0) is 44.1 Å². The summed E-state index contributed by atoms with van der Waals surface area (Å²) in [7, 11) is 2.12. The van der Waals surface area contributed by atoms with Gasteiger partial charge < -0.3 is 9.64 Å². The van der Waals surface area contributed by atoms with Crippen LogP contribution in [0, 0.1) is 6.92 Å². The Morgan fingerprint density at radius 1 is 1.45 bits per heavy atom. The van der Waals surface area contributed by atoms with Gasteiger partial charge in [-0.2, -0.15) is 0 Å². The number of fused-ring (bicyclic) bond motifs is 1. The lowest BCUT2D eigenvalue weighted by Gasteiger charge is -2.20. The second-order valence-corrected chi connectivity index (χ2v) is 6.33. The van der Waals surface area contributed by atoms with Crippen molar-refractivity contribution < 1.29 is 4.74 Å². The molecule has 3 heterocycles. The van der Waals surface area contributed by atoms with E-state index in [2.05, 4.69) is 33.4 Å². The van der Waals surface area contributed by atoms with E-state index >= 15 is 0 Å². The van der Waals surface area contributed by atoms with E-state index in [1.165, 1.54) is 18.2 Å². The van der Waals surface area contributed by atoms with Crippen LogP contribution in [0.2, 0.25) is 0 Å². The molecule has 108 valence electrons. The molecule has 0 saturated carbocycles. The average molecular weight is 291 g/mol. The molecule has 1 fully saturated rings. The third-order valence-corrected chi connectivity index (χ3v) is 4.63. The van der Waals surface area contributed by atoms with E-state index in [1.54, 1.807) is 11.3 Å². The molecule has 5 heteroatoms. The first-order valence-corrected chi connectivity index (χ1v) is 8.16. The summed E-state index contributed by atoms with van der Waals surface area (Å²) in [5, 5.41) is 3.25. The average Bonchev–Trinajstić information content (AvgIpc) is 3.08. The van der Waals surface area contributed by atoms with Crippen molar-refractivity contribution in [1.82, 2.24) is 9.97 Å². The summed E-state index contributed by atoms with van der Waals surface area (Å²) in [4.78, 5) is 12.4. The quantitative estimate of drug-likeness (QED) is 0.846. The third-order valence-electron chi connectivity index (χ3n) is 3.82. The van der Waals surface area contributed by atoms with Crippen LogP contribution < -0.4 is 4.90 Å². The summed E-state index contributed by atoms with van der Waals surface area (Å²) in [6.07, 6.45) is 5.24. The fourth-order valence-corrected chi connectivity index (χ4v) is 3.57. The van der Waals surface area contributed by atoms with E-state index < -0.39 is 0 Å². The van der Waals surface area contributed by atoms with Gasteiger partial charge in [0.1, 0.15) is 16.5 Å². The number of aryl methyl sites for hydroxylation is 1. The summed E-state index contributed by atoms with van der Waals surface area (Å²) in [6.45, 7) is 3.92. The van der Waals surface area contributed by atoms with Crippen LogP contribution in [0.25, 0.3) is 10.2 Å². The molecule has 3 rings (SSSR count). The molecule has 0 N–H and O–H groups in total. The largest absolute Gasteiger partial charge is 0.378 e. The summed E-state index contributed by atoms with van der Waals surface area (Å²) < 4.78 is 5.67. The number of hydrogen-bond acceptors (Lipinski definition) is 5. The van der Waals surface area contributed by atoms with Crippen molar-refractivity contribution in [3.05, 3.63) is 17.3 Å². The molecule has 1 atom stereocenters. The molecule has 0 aromatic carbocycles. The highest BCUT2D eigenvalue weighted by atomic mass is 32.1. The maximum Gasteiger partial charge on any atom is 0.140 e. The molecule has 2 aromatic rings. The van der Waals surface area contributed by atoms with Crippen molar-refractivity contribution >= 4 is 27.4 Å².